The maximum absolute atomic E-state index is 11.4. The Hall–Kier alpha value is -0.790. The first-order valence-corrected chi connectivity index (χ1v) is 5.18. The second-order valence-corrected chi connectivity index (χ2v) is 4.57. The van der Waals surface area contributed by atoms with Gasteiger partial charge < -0.3 is 5.32 Å². The zero-order valence-electron chi connectivity index (χ0n) is 8.07. The van der Waals surface area contributed by atoms with E-state index in [1.807, 2.05) is 0 Å². The van der Waals surface area contributed by atoms with Crippen molar-refractivity contribution in [3.05, 3.63) is 12.3 Å². The number of nitrogens with one attached hydrogen (secondary N) is 1. The lowest BCUT2D eigenvalue weighted by Gasteiger charge is -2.40. The van der Waals surface area contributed by atoms with E-state index in [4.69, 9.17) is 0 Å². The van der Waals surface area contributed by atoms with Gasteiger partial charge in [-0.3, -0.25) is 4.79 Å². The SMILES string of the molecule is C=C1CC2(CCCCC2)CC(=O)N1. The maximum Gasteiger partial charge on any atom is 0.224 e. The highest BCUT2D eigenvalue weighted by atomic mass is 16.1. The quantitative estimate of drug-likeness (QED) is 0.607. The van der Waals surface area contributed by atoms with E-state index in [1.54, 1.807) is 0 Å². The van der Waals surface area contributed by atoms with Crippen LogP contribution in [-0.2, 0) is 4.79 Å². The van der Waals surface area contributed by atoms with Gasteiger partial charge in [-0.1, -0.05) is 25.8 Å². The van der Waals surface area contributed by atoms with E-state index < -0.39 is 0 Å². The lowest BCUT2D eigenvalue weighted by molar-refractivity contribution is -0.125. The van der Waals surface area contributed by atoms with Crippen LogP contribution in [0.2, 0.25) is 0 Å². The average molecular weight is 179 g/mol. The molecule has 1 saturated carbocycles. The van der Waals surface area contributed by atoms with E-state index in [1.165, 1.54) is 32.1 Å². The van der Waals surface area contributed by atoms with E-state index >= 15 is 0 Å². The third-order valence-corrected chi connectivity index (χ3v) is 3.35. The van der Waals surface area contributed by atoms with Crippen molar-refractivity contribution in [1.82, 2.24) is 5.32 Å². The zero-order valence-corrected chi connectivity index (χ0v) is 8.07. The Morgan fingerprint density at radius 1 is 1.15 bits per heavy atom. The van der Waals surface area contributed by atoms with E-state index in [9.17, 15) is 4.79 Å². The Labute approximate surface area is 79.4 Å². The summed E-state index contributed by atoms with van der Waals surface area (Å²) in [6, 6.07) is 0. The fourth-order valence-corrected chi connectivity index (χ4v) is 2.80. The predicted octanol–water partition coefficient (Wildman–Crippen LogP) is 2.36. The first-order chi connectivity index (χ1) is 6.20. The molecule has 0 bridgehead atoms. The number of carbonyl (C=O) groups is 1. The summed E-state index contributed by atoms with van der Waals surface area (Å²) in [5, 5.41) is 2.82. The Morgan fingerprint density at radius 3 is 2.46 bits per heavy atom. The lowest BCUT2D eigenvalue weighted by atomic mass is 9.67. The summed E-state index contributed by atoms with van der Waals surface area (Å²) in [4.78, 5) is 11.4. The minimum Gasteiger partial charge on any atom is -0.330 e. The fraction of sp³-hybridized carbons (Fsp3) is 0.727. The molecule has 1 amide bonds. The van der Waals surface area contributed by atoms with Gasteiger partial charge in [0.05, 0.1) is 0 Å². The van der Waals surface area contributed by atoms with Gasteiger partial charge in [0.2, 0.25) is 5.91 Å². The topological polar surface area (TPSA) is 29.1 Å². The third kappa shape index (κ3) is 1.77. The molecule has 1 aliphatic heterocycles. The van der Waals surface area contributed by atoms with Gasteiger partial charge in [0.15, 0.2) is 0 Å². The van der Waals surface area contributed by atoms with Gasteiger partial charge in [0.25, 0.3) is 0 Å². The number of hydrogen-bond donors (Lipinski definition) is 1. The van der Waals surface area contributed by atoms with Gasteiger partial charge in [-0.2, -0.15) is 0 Å². The molecule has 2 rings (SSSR count). The van der Waals surface area contributed by atoms with Crippen molar-refractivity contribution in [2.75, 3.05) is 0 Å². The van der Waals surface area contributed by atoms with Gasteiger partial charge in [-0.15, -0.1) is 0 Å². The van der Waals surface area contributed by atoms with Crippen molar-refractivity contribution in [3.8, 4) is 0 Å². The molecular formula is C11H17NO. The van der Waals surface area contributed by atoms with Crippen LogP contribution >= 0.6 is 0 Å². The number of piperidine rings is 1. The van der Waals surface area contributed by atoms with E-state index in [0.717, 1.165) is 18.5 Å². The number of hydrogen-bond acceptors (Lipinski definition) is 1. The average Bonchev–Trinajstić information content (AvgIpc) is 2.02. The van der Waals surface area contributed by atoms with Crippen LogP contribution in [0, 0.1) is 5.41 Å². The molecule has 2 fully saturated rings. The monoisotopic (exact) mass is 179 g/mol. The zero-order chi connectivity index (χ0) is 9.31. The van der Waals surface area contributed by atoms with Gasteiger partial charge >= 0.3 is 0 Å². The molecule has 72 valence electrons. The van der Waals surface area contributed by atoms with Crippen molar-refractivity contribution in [2.24, 2.45) is 5.41 Å². The molecule has 0 radical (unpaired) electrons. The minimum atomic E-state index is 0.179. The smallest absolute Gasteiger partial charge is 0.224 e. The van der Waals surface area contributed by atoms with E-state index in [-0.39, 0.29) is 11.3 Å². The molecular weight excluding hydrogens is 162 g/mol. The summed E-state index contributed by atoms with van der Waals surface area (Å²) in [6.07, 6.45) is 8.11. The summed E-state index contributed by atoms with van der Waals surface area (Å²) in [5.41, 5.74) is 1.22. The number of carbonyl (C=O) groups excluding carboxylic acids is 1. The Balaban J connectivity index is 2.11. The van der Waals surface area contributed by atoms with Crippen molar-refractivity contribution in [2.45, 2.75) is 44.9 Å². The molecule has 0 atom stereocenters. The summed E-state index contributed by atoms with van der Waals surface area (Å²) >= 11 is 0. The van der Waals surface area contributed by atoms with Crippen LogP contribution < -0.4 is 5.32 Å². The van der Waals surface area contributed by atoms with Crippen LogP contribution in [0.15, 0.2) is 12.3 Å². The van der Waals surface area contributed by atoms with Crippen molar-refractivity contribution in [3.63, 3.8) is 0 Å². The normalized spacial score (nSPS) is 27.4. The van der Waals surface area contributed by atoms with Crippen LogP contribution in [0.4, 0.5) is 0 Å². The molecule has 0 aromatic rings. The second kappa shape index (κ2) is 3.17. The van der Waals surface area contributed by atoms with Crippen molar-refractivity contribution >= 4 is 5.91 Å². The third-order valence-electron chi connectivity index (χ3n) is 3.35. The highest BCUT2D eigenvalue weighted by Gasteiger charge is 2.37. The molecule has 2 aliphatic rings. The van der Waals surface area contributed by atoms with Crippen LogP contribution in [0.3, 0.4) is 0 Å². The summed E-state index contributed by atoms with van der Waals surface area (Å²) in [7, 11) is 0. The largest absolute Gasteiger partial charge is 0.330 e. The predicted molar refractivity (Wildman–Crippen MR) is 52.0 cm³/mol. The van der Waals surface area contributed by atoms with Crippen molar-refractivity contribution < 1.29 is 4.79 Å². The molecule has 1 heterocycles. The molecule has 13 heavy (non-hydrogen) atoms. The molecule has 0 unspecified atom stereocenters. The van der Waals surface area contributed by atoms with Gasteiger partial charge in [-0.05, 0) is 24.7 Å². The first kappa shape index (κ1) is 8.79. The van der Waals surface area contributed by atoms with Gasteiger partial charge in [0.1, 0.15) is 0 Å². The molecule has 1 spiro atoms. The minimum absolute atomic E-state index is 0.179. The molecule has 2 nitrogen and oxygen atoms in total. The number of rotatable bonds is 0. The van der Waals surface area contributed by atoms with Crippen molar-refractivity contribution in [1.29, 1.82) is 0 Å². The lowest BCUT2D eigenvalue weighted by Crippen LogP contribution is -2.40. The molecule has 0 aromatic carbocycles. The number of allylic oxidation sites excluding steroid dienone is 1. The summed E-state index contributed by atoms with van der Waals surface area (Å²) in [5.74, 6) is 0.179. The summed E-state index contributed by atoms with van der Waals surface area (Å²) < 4.78 is 0. The molecule has 1 saturated heterocycles. The van der Waals surface area contributed by atoms with E-state index in [0.29, 0.717) is 0 Å². The number of amides is 1. The molecule has 2 heteroatoms. The van der Waals surface area contributed by atoms with Gasteiger partial charge in [-0.25, -0.2) is 0 Å². The second-order valence-electron chi connectivity index (χ2n) is 4.57. The standard InChI is InChI=1S/C11H17NO/c1-9-7-11(8-10(13)12-9)5-3-2-4-6-11/h1-8H2,(H,12,13). The van der Waals surface area contributed by atoms with Crippen LogP contribution in [0.5, 0.6) is 0 Å². The Kier molecular flexibility index (Phi) is 2.14. The highest BCUT2D eigenvalue weighted by molar-refractivity contribution is 5.79. The van der Waals surface area contributed by atoms with Crippen LogP contribution in [-0.4, -0.2) is 5.91 Å². The van der Waals surface area contributed by atoms with Crippen LogP contribution in [0.1, 0.15) is 44.9 Å². The molecule has 1 aliphatic carbocycles. The Morgan fingerprint density at radius 2 is 1.85 bits per heavy atom. The van der Waals surface area contributed by atoms with Gasteiger partial charge in [0, 0.05) is 12.1 Å². The van der Waals surface area contributed by atoms with E-state index in [2.05, 4.69) is 11.9 Å². The maximum atomic E-state index is 11.4. The fourth-order valence-electron chi connectivity index (χ4n) is 2.80. The summed E-state index contributed by atoms with van der Waals surface area (Å²) in [6.45, 7) is 3.88. The molecule has 1 N–H and O–H groups in total. The van der Waals surface area contributed by atoms with Crippen LogP contribution in [0.25, 0.3) is 0 Å². The molecule has 0 aromatic heterocycles. The first-order valence-electron chi connectivity index (χ1n) is 5.18. The highest BCUT2D eigenvalue weighted by Crippen LogP contribution is 2.45. The Bertz CT molecular complexity index is 220.